The number of rotatable bonds is 5. The fourth-order valence-electron chi connectivity index (χ4n) is 9.64. The van der Waals surface area contributed by atoms with Crippen molar-refractivity contribution in [3.05, 3.63) is 224 Å². The zero-order valence-corrected chi connectivity index (χ0v) is 34.7. The Morgan fingerprint density at radius 3 is 1.41 bits per heavy atom. The van der Waals surface area contributed by atoms with Crippen LogP contribution < -0.4 is 0 Å². The summed E-state index contributed by atoms with van der Waals surface area (Å²) in [6, 6.07) is 80.7. The van der Waals surface area contributed by atoms with Gasteiger partial charge in [-0.05, 0) is 120 Å². The summed E-state index contributed by atoms with van der Waals surface area (Å²) in [5.74, 6) is 0. The maximum Gasteiger partial charge on any atom is 0.0978 e. The summed E-state index contributed by atoms with van der Waals surface area (Å²) in [5.41, 5.74) is 13.5. The minimum absolute atomic E-state index is 0.908. The van der Waals surface area contributed by atoms with Gasteiger partial charge in [0.1, 0.15) is 0 Å². The lowest BCUT2D eigenvalue weighted by atomic mass is 9.95. The molecule has 10 aromatic carbocycles. The molecule has 3 heteroatoms. The molecule has 64 heavy (non-hydrogen) atoms. The predicted octanol–water partition coefficient (Wildman–Crippen LogP) is 16.3. The van der Waals surface area contributed by atoms with Crippen LogP contribution in [0.3, 0.4) is 0 Å². The molecule has 3 aromatic heterocycles. The van der Waals surface area contributed by atoms with Gasteiger partial charge in [0.25, 0.3) is 0 Å². The minimum Gasteiger partial charge on any atom is -0.248 e. The summed E-state index contributed by atoms with van der Waals surface area (Å²) in [5, 5.41) is 12.9. The normalized spacial score (nSPS) is 11.8. The molecule has 0 unspecified atom stereocenters. The monoisotopic (exact) mass is 811 g/mol. The second-order valence-electron chi connectivity index (χ2n) is 16.8. The number of hydrogen-bond donors (Lipinski definition) is 0. The maximum atomic E-state index is 5.35. The average molecular weight is 812 g/mol. The lowest BCUT2D eigenvalue weighted by Crippen LogP contribution is -1.93. The number of fused-ring (bicyclic) bond motifs is 8. The first kappa shape index (κ1) is 36.2. The van der Waals surface area contributed by atoms with Gasteiger partial charge in [0.05, 0.1) is 33.6 Å². The van der Waals surface area contributed by atoms with E-state index < -0.39 is 0 Å². The molecule has 13 rings (SSSR count). The van der Waals surface area contributed by atoms with Crippen LogP contribution >= 0.6 is 0 Å². The number of benzene rings is 10. The van der Waals surface area contributed by atoms with Crippen molar-refractivity contribution in [1.29, 1.82) is 0 Å². The largest absolute Gasteiger partial charge is 0.248 e. The molecule has 0 aliphatic rings. The van der Waals surface area contributed by atoms with Crippen molar-refractivity contribution in [2.75, 3.05) is 0 Å². The van der Waals surface area contributed by atoms with Crippen LogP contribution in [0.5, 0.6) is 0 Å². The number of para-hydroxylation sites is 1. The Labute approximate surface area is 369 Å². The summed E-state index contributed by atoms with van der Waals surface area (Å²) < 4.78 is 0. The second kappa shape index (κ2) is 14.5. The first-order valence-electron chi connectivity index (χ1n) is 21.8. The number of nitrogens with zero attached hydrogens (tertiary/aromatic N) is 3. The van der Waals surface area contributed by atoms with Crippen LogP contribution in [-0.4, -0.2) is 15.0 Å². The molecule has 296 valence electrons. The third-order valence-electron chi connectivity index (χ3n) is 12.9. The molecule has 0 saturated carbocycles. The number of pyridine rings is 3. The molecule has 0 aliphatic carbocycles. The van der Waals surface area contributed by atoms with E-state index in [1.807, 2.05) is 0 Å². The molecule has 0 aliphatic heterocycles. The lowest BCUT2D eigenvalue weighted by Gasteiger charge is -2.13. The van der Waals surface area contributed by atoms with Crippen molar-refractivity contribution in [2.45, 2.75) is 0 Å². The minimum atomic E-state index is 0.908. The van der Waals surface area contributed by atoms with Crippen LogP contribution in [0.4, 0.5) is 0 Å². The van der Waals surface area contributed by atoms with E-state index in [2.05, 4.69) is 224 Å². The molecule has 0 amide bonds. The van der Waals surface area contributed by atoms with Crippen LogP contribution in [0.15, 0.2) is 224 Å². The van der Waals surface area contributed by atoms with E-state index in [1.54, 1.807) is 0 Å². The second-order valence-corrected chi connectivity index (χ2v) is 16.8. The third kappa shape index (κ3) is 6.17. The highest BCUT2D eigenvalue weighted by molar-refractivity contribution is 6.16. The fourth-order valence-corrected chi connectivity index (χ4v) is 9.64. The molecule has 3 nitrogen and oxygen atoms in total. The van der Waals surface area contributed by atoms with E-state index in [-0.39, 0.29) is 0 Å². The topological polar surface area (TPSA) is 38.7 Å². The first-order chi connectivity index (χ1) is 31.6. The molecular weight excluding hydrogens is 775 g/mol. The quantitative estimate of drug-likeness (QED) is 0.128. The van der Waals surface area contributed by atoms with E-state index >= 15 is 0 Å². The Morgan fingerprint density at radius 1 is 0.219 bits per heavy atom. The van der Waals surface area contributed by atoms with E-state index in [0.717, 1.165) is 72.0 Å². The third-order valence-corrected chi connectivity index (χ3v) is 12.9. The zero-order valence-electron chi connectivity index (χ0n) is 34.7. The Balaban J connectivity index is 0.906. The Bertz CT molecular complexity index is 3920. The van der Waals surface area contributed by atoms with E-state index in [1.165, 1.54) is 59.8 Å². The van der Waals surface area contributed by atoms with Gasteiger partial charge in [-0.15, -0.1) is 0 Å². The first-order valence-corrected chi connectivity index (χ1v) is 21.8. The summed E-state index contributed by atoms with van der Waals surface area (Å²) >= 11 is 0. The lowest BCUT2D eigenvalue weighted by molar-refractivity contribution is 1.33. The van der Waals surface area contributed by atoms with Crippen LogP contribution in [0, 0.1) is 0 Å². The molecule has 0 saturated heterocycles. The van der Waals surface area contributed by atoms with Gasteiger partial charge >= 0.3 is 0 Å². The fraction of sp³-hybridized carbons (Fsp3) is 0. The SMILES string of the molecule is c1ccc(-c2c3ccccc3nc3c2ccc2ccc(-c4ccc5cc6cc(-c7cc(-c8ccc9ccccc9c8)cc(-c8ccc9ccccc9c8)n7)ccc6cc5c4)nc23)cc1. The van der Waals surface area contributed by atoms with Crippen molar-refractivity contribution >= 4 is 75.8 Å². The summed E-state index contributed by atoms with van der Waals surface area (Å²) in [7, 11) is 0. The number of aromatic nitrogens is 3. The van der Waals surface area contributed by atoms with Crippen molar-refractivity contribution in [2.24, 2.45) is 0 Å². The maximum absolute atomic E-state index is 5.35. The Morgan fingerprint density at radius 2 is 0.719 bits per heavy atom. The van der Waals surface area contributed by atoms with Gasteiger partial charge in [0, 0.05) is 38.4 Å². The van der Waals surface area contributed by atoms with Crippen molar-refractivity contribution in [1.82, 2.24) is 15.0 Å². The van der Waals surface area contributed by atoms with Crippen LogP contribution in [0.25, 0.3) is 132 Å². The zero-order chi connectivity index (χ0) is 42.1. The molecule has 0 atom stereocenters. The number of hydrogen-bond acceptors (Lipinski definition) is 3. The highest BCUT2D eigenvalue weighted by atomic mass is 14.8. The van der Waals surface area contributed by atoms with Crippen molar-refractivity contribution in [3.63, 3.8) is 0 Å². The van der Waals surface area contributed by atoms with Gasteiger partial charge in [0.2, 0.25) is 0 Å². The van der Waals surface area contributed by atoms with Gasteiger partial charge in [-0.3, -0.25) is 0 Å². The highest BCUT2D eigenvalue weighted by Crippen LogP contribution is 2.39. The summed E-state index contributed by atoms with van der Waals surface area (Å²) in [6.07, 6.45) is 0. The van der Waals surface area contributed by atoms with Gasteiger partial charge < -0.3 is 0 Å². The smallest absolute Gasteiger partial charge is 0.0978 e. The van der Waals surface area contributed by atoms with Crippen molar-refractivity contribution in [3.8, 4) is 56.0 Å². The van der Waals surface area contributed by atoms with E-state index in [4.69, 9.17) is 15.0 Å². The molecule has 3 heterocycles. The van der Waals surface area contributed by atoms with Gasteiger partial charge in [-0.1, -0.05) is 164 Å². The molecular formula is C61H37N3. The molecule has 0 bridgehead atoms. The van der Waals surface area contributed by atoms with Crippen LogP contribution in [0.2, 0.25) is 0 Å². The Kier molecular flexibility index (Phi) is 8.22. The standard InChI is InChI=1S/C61H37N3/c1-2-12-40(13-3-1)59-53-16-8-9-17-56(53)64-61-54(59)28-26-41-27-29-55(63-60(41)61)47-24-21-45-33-51-35-49(25-22-46(51)32-50(45)34-47)58-37-52(44-20-18-38-10-4-6-14-42(38)30-44)36-57(62-58)48-23-19-39-11-5-7-15-43(39)31-48/h1-37H. The highest BCUT2D eigenvalue weighted by Gasteiger charge is 2.16. The molecule has 0 spiro atoms. The molecule has 0 fully saturated rings. The summed E-state index contributed by atoms with van der Waals surface area (Å²) in [4.78, 5) is 15.9. The van der Waals surface area contributed by atoms with E-state index in [9.17, 15) is 0 Å². The van der Waals surface area contributed by atoms with Gasteiger partial charge in [-0.25, -0.2) is 15.0 Å². The van der Waals surface area contributed by atoms with Gasteiger partial charge in [-0.2, -0.15) is 0 Å². The van der Waals surface area contributed by atoms with Crippen LogP contribution in [-0.2, 0) is 0 Å². The van der Waals surface area contributed by atoms with Crippen molar-refractivity contribution < 1.29 is 0 Å². The van der Waals surface area contributed by atoms with Gasteiger partial charge in [0.15, 0.2) is 0 Å². The predicted molar refractivity (Wildman–Crippen MR) is 270 cm³/mol. The van der Waals surface area contributed by atoms with Crippen LogP contribution in [0.1, 0.15) is 0 Å². The van der Waals surface area contributed by atoms with E-state index in [0.29, 0.717) is 0 Å². The molecule has 0 radical (unpaired) electrons. The molecule has 13 aromatic rings. The summed E-state index contributed by atoms with van der Waals surface area (Å²) in [6.45, 7) is 0. The Hall–Kier alpha value is -8.53. The average Bonchev–Trinajstić information content (AvgIpc) is 3.36. The molecule has 0 N–H and O–H groups in total.